The van der Waals surface area contributed by atoms with Gasteiger partial charge in [0, 0.05) is 9.79 Å². The van der Waals surface area contributed by atoms with Gasteiger partial charge in [0.2, 0.25) is 0 Å². The number of benzene rings is 2. The molecule has 0 aromatic heterocycles. The van der Waals surface area contributed by atoms with Gasteiger partial charge in [-0.05, 0) is 31.2 Å². The molecule has 0 bridgehead atoms. The quantitative estimate of drug-likeness (QED) is 0.578. The van der Waals surface area contributed by atoms with Gasteiger partial charge in [-0.15, -0.1) is 25.3 Å². The van der Waals surface area contributed by atoms with Crippen molar-refractivity contribution >= 4 is 43.0 Å². The lowest BCUT2D eigenvalue weighted by molar-refractivity contribution is -0.141. The van der Waals surface area contributed by atoms with Crippen LogP contribution in [0.1, 0.15) is 27.6 Å². The van der Waals surface area contributed by atoms with E-state index in [1.165, 1.54) is 19.1 Å². The Morgan fingerprint density at radius 3 is 1.58 bits per heavy atom. The first kappa shape index (κ1) is 18.1. The molecular formula is C17H15NO4S2. The molecule has 0 spiro atoms. The summed E-state index contributed by atoms with van der Waals surface area (Å²) in [6, 6.07) is 11.4. The Balaban J connectivity index is 2.52. The maximum absolute atomic E-state index is 12.8. The van der Waals surface area contributed by atoms with Gasteiger partial charge in [-0.1, -0.05) is 24.3 Å². The predicted molar refractivity (Wildman–Crippen MR) is 95.0 cm³/mol. The van der Waals surface area contributed by atoms with Crippen molar-refractivity contribution in [2.45, 2.75) is 22.8 Å². The molecule has 0 aliphatic rings. The zero-order valence-electron chi connectivity index (χ0n) is 12.7. The molecule has 0 saturated heterocycles. The number of aliphatic carboxylic acids is 1. The summed E-state index contributed by atoms with van der Waals surface area (Å²) in [4.78, 5) is 38.4. The van der Waals surface area contributed by atoms with E-state index >= 15 is 0 Å². The molecule has 2 rings (SSSR count). The van der Waals surface area contributed by atoms with E-state index in [2.05, 4.69) is 25.3 Å². The number of carboxylic acid groups (broad SMARTS) is 1. The Morgan fingerprint density at radius 2 is 1.25 bits per heavy atom. The summed E-state index contributed by atoms with van der Waals surface area (Å²) in [5.74, 6) is -2.74. The second kappa shape index (κ2) is 7.55. The summed E-state index contributed by atoms with van der Waals surface area (Å²) in [7, 11) is 0. The predicted octanol–water partition coefficient (Wildman–Crippen LogP) is 3.02. The first-order valence-electron chi connectivity index (χ1n) is 7.01. The van der Waals surface area contributed by atoms with Gasteiger partial charge in [-0.2, -0.15) is 0 Å². The standard InChI is InChI=1S/C17H15NO4S2/c1-10(17(21)22)18(15(19)11-6-2-4-8-13(11)23)16(20)12-7-3-5-9-14(12)24/h2-10,23-24H,1H3,(H,21,22). The maximum atomic E-state index is 12.8. The van der Waals surface area contributed by atoms with Gasteiger partial charge in [-0.25, -0.2) is 4.79 Å². The second-order valence-electron chi connectivity index (χ2n) is 5.03. The molecule has 1 atom stereocenters. The first-order chi connectivity index (χ1) is 11.3. The smallest absolute Gasteiger partial charge is 0.326 e. The molecule has 0 saturated carbocycles. The number of carboxylic acids is 1. The van der Waals surface area contributed by atoms with Crippen LogP contribution in [0.2, 0.25) is 0 Å². The fraction of sp³-hybridized carbons (Fsp3) is 0.118. The van der Waals surface area contributed by atoms with Gasteiger partial charge >= 0.3 is 5.97 Å². The third-order valence-corrected chi connectivity index (χ3v) is 4.23. The highest BCUT2D eigenvalue weighted by Gasteiger charge is 2.34. The van der Waals surface area contributed by atoms with Crippen LogP contribution in [-0.4, -0.2) is 33.8 Å². The molecular weight excluding hydrogens is 346 g/mol. The van der Waals surface area contributed by atoms with Crippen molar-refractivity contribution in [2.75, 3.05) is 0 Å². The van der Waals surface area contributed by atoms with E-state index in [1.807, 2.05) is 0 Å². The normalized spacial score (nSPS) is 11.6. The highest BCUT2D eigenvalue weighted by atomic mass is 32.1. The highest BCUT2D eigenvalue weighted by molar-refractivity contribution is 7.80. The van der Waals surface area contributed by atoms with Crippen LogP contribution in [0, 0.1) is 0 Å². The summed E-state index contributed by atoms with van der Waals surface area (Å²) in [6.07, 6.45) is 0. The van der Waals surface area contributed by atoms with E-state index in [0.29, 0.717) is 14.7 Å². The molecule has 5 nitrogen and oxygen atoms in total. The molecule has 24 heavy (non-hydrogen) atoms. The second-order valence-corrected chi connectivity index (χ2v) is 5.99. The van der Waals surface area contributed by atoms with Crippen molar-refractivity contribution in [1.82, 2.24) is 4.90 Å². The minimum atomic E-state index is -1.34. The summed E-state index contributed by atoms with van der Waals surface area (Å²) < 4.78 is 0. The number of carbonyl (C=O) groups excluding carboxylic acids is 2. The number of thiol groups is 2. The van der Waals surface area contributed by atoms with Crippen molar-refractivity contribution in [2.24, 2.45) is 0 Å². The lowest BCUT2D eigenvalue weighted by atomic mass is 10.1. The van der Waals surface area contributed by atoms with Crippen LogP contribution in [-0.2, 0) is 4.79 Å². The van der Waals surface area contributed by atoms with Crippen LogP contribution < -0.4 is 0 Å². The molecule has 1 unspecified atom stereocenters. The minimum absolute atomic E-state index is 0.152. The number of hydrogen-bond acceptors (Lipinski definition) is 5. The van der Waals surface area contributed by atoms with E-state index < -0.39 is 23.8 Å². The number of rotatable bonds is 4. The largest absolute Gasteiger partial charge is 0.480 e. The van der Waals surface area contributed by atoms with Gasteiger partial charge in [0.1, 0.15) is 6.04 Å². The maximum Gasteiger partial charge on any atom is 0.326 e. The monoisotopic (exact) mass is 361 g/mol. The lowest BCUT2D eigenvalue weighted by Gasteiger charge is -2.25. The van der Waals surface area contributed by atoms with Crippen molar-refractivity contribution < 1.29 is 19.5 Å². The third kappa shape index (κ3) is 3.63. The summed E-state index contributed by atoms with van der Waals surface area (Å²) in [6.45, 7) is 1.28. The first-order valence-corrected chi connectivity index (χ1v) is 7.90. The fourth-order valence-corrected chi connectivity index (χ4v) is 2.64. The molecule has 0 radical (unpaired) electrons. The molecule has 0 aliphatic heterocycles. The highest BCUT2D eigenvalue weighted by Crippen LogP contribution is 2.21. The summed E-state index contributed by atoms with van der Waals surface area (Å²) in [5.41, 5.74) is 0.304. The van der Waals surface area contributed by atoms with Gasteiger partial charge in [0.25, 0.3) is 11.8 Å². The Kier molecular flexibility index (Phi) is 5.69. The van der Waals surface area contributed by atoms with Gasteiger partial charge in [0.15, 0.2) is 0 Å². The van der Waals surface area contributed by atoms with E-state index in [0.717, 1.165) is 0 Å². The van der Waals surface area contributed by atoms with E-state index in [-0.39, 0.29) is 11.1 Å². The molecule has 2 aromatic rings. The summed E-state index contributed by atoms with van der Waals surface area (Å²) >= 11 is 8.41. The molecule has 0 fully saturated rings. The van der Waals surface area contributed by atoms with E-state index in [1.54, 1.807) is 36.4 Å². The zero-order valence-corrected chi connectivity index (χ0v) is 14.5. The van der Waals surface area contributed by atoms with E-state index in [9.17, 15) is 19.5 Å². The van der Waals surface area contributed by atoms with Gasteiger partial charge < -0.3 is 5.11 Å². The van der Waals surface area contributed by atoms with Crippen molar-refractivity contribution in [1.29, 1.82) is 0 Å². The van der Waals surface area contributed by atoms with Crippen LogP contribution in [0.5, 0.6) is 0 Å². The van der Waals surface area contributed by atoms with Crippen molar-refractivity contribution in [3.05, 3.63) is 59.7 Å². The number of imide groups is 1. The number of hydrogen-bond donors (Lipinski definition) is 3. The molecule has 1 N–H and O–H groups in total. The Morgan fingerprint density at radius 1 is 0.875 bits per heavy atom. The van der Waals surface area contributed by atoms with Gasteiger partial charge in [-0.3, -0.25) is 14.5 Å². The Labute approximate surface area is 150 Å². The lowest BCUT2D eigenvalue weighted by Crippen LogP contribution is -2.47. The molecule has 2 aromatic carbocycles. The third-order valence-electron chi connectivity index (χ3n) is 3.45. The molecule has 7 heteroatoms. The SMILES string of the molecule is CC(C(=O)O)N(C(=O)c1ccccc1S)C(=O)c1ccccc1S. The van der Waals surface area contributed by atoms with Crippen LogP contribution in [0.25, 0.3) is 0 Å². The Bertz CT molecular complexity index is 749. The number of nitrogens with zero attached hydrogens (tertiary/aromatic N) is 1. The average Bonchev–Trinajstić information content (AvgIpc) is 2.55. The van der Waals surface area contributed by atoms with E-state index in [4.69, 9.17) is 0 Å². The van der Waals surface area contributed by atoms with Crippen LogP contribution in [0.4, 0.5) is 0 Å². The molecule has 124 valence electrons. The van der Waals surface area contributed by atoms with Crippen molar-refractivity contribution in [3.63, 3.8) is 0 Å². The van der Waals surface area contributed by atoms with Crippen molar-refractivity contribution in [3.8, 4) is 0 Å². The average molecular weight is 361 g/mol. The number of carbonyl (C=O) groups is 3. The zero-order chi connectivity index (χ0) is 17.9. The van der Waals surface area contributed by atoms with Crippen LogP contribution in [0.3, 0.4) is 0 Å². The molecule has 0 heterocycles. The topological polar surface area (TPSA) is 74.7 Å². The van der Waals surface area contributed by atoms with Crippen LogP contribution in [0.15, 0.2) is 58.3 Å². The molecule has 2 amide bonds. The molecule has 0 aliphatic carbocycles. The van der Waals surface area contributed by atoms with Crippen LogP contribution >= 0.6 is 25.3 Å². The number of amides is 2. The summed E-state index contributed by atoms with van der Waals surface area (Å²) in [5, 5.41) is 9.30. The van der Waals surface area contributed by atoms with Gasteiger partial charge in [0.05, 0.1) is 11.1 Å². The Hall–Kier alpha value is -2.25. The fourth-order valence-electron chi connectivity index (χ4n) is 2.12. The minimum Gasteiger partial charge on any atom is -0.480 e.